The van der Waals surface area contributed by atoms with Gasteiger partial charge >= 0.3 is 0 Å². The molecule has 1 amide bonds. The number of nitriles is 1. The van der Waals surface area contributed by atoms with Crippen LogP contribution < -0.4 is 10.2 Å². The summed E-state index contributed by atoms with van der Waals surface area (Å²) in [6.07, 6.45) is 5.31. The Morgan fingerprint density at radius 1 is 1.27 bits per heavy atom. The first kappa shape index (κ1) is 18.2. The number of hydrogen-bond acceptors (Lipinski definition) is 5. The van der Waals surface area contributed by atoms with Crippen molar-refractivity contribution >= 4 is 23.3 Å². The summed E-state index contributed by atoms with van der Waals surface area (Å²) in [5.74, 6) is 1.06. The molecule has 7 heteroatoms. The summed E-state index contributed by atoms with van der Waals surface area (Å²) in [5, 5.41) is 12.8. The summed E-state index contributed by atoms with van der Waals surface area (Å²) < 4.78 is 0. The Morgan fingerprint density at radius 2 is 2.00 bits per heavy atom. The third-order valence-electron chi connectivity index (χ3n) is 4.60. The van der Waals surface area contributed by atoms with E-state index in [0.717, 1.165) is 31.5 Å². The number of hydrogen-bond donors (Lipinski definition) is 1. The van der Waals surface area contributed by atoms with Gasteiger partial charge in [-0.25, -0.2) is 9.97 Å². The smallest absolute Gasteiger partial charge is 0.224 e. The standard InChI is InChI=1S/C19H20ClN5O/c20-16-4-2-1-3-15(16)11-18(26)24-13-14-5-9-25(10-6-14)19-17(12-21)22-7-8-23-19/h1-4,7-8,14H,5-6,9-11,13H2,(H,24,26). The van der Waals surface area contributed by atoms with Gasteiger partial charge in [0.05, 0.1) is 6.42 Å². The molecule has 1 fully saturated rings. The van der Waals surface area contributed by atoms with Crippen LogP contribution in [0.5, 0.6) is 0 Å². The van der Waals surface area contributed by atoms with Crippen molar-refractivity contribution in [3.05, 3.63) is 52.9 Å². The summed E-state index contributed by atoms with van der Waals surface area (Å²) in [7, 11) is 0. The first-order valence-electron chi connectivity index (χ1n) is 8.63. The number of halogens is 1. The largest absolute Gasteiger partial charge is 0.356 e. The van der Waals surface area contributed by atoms with Crippen molar-refractivity contribution in [2.45, 2.75) is 19.3 Å². The molecule has 2 aromatic rings. The highest BCUT2D eigenvalue weighted by Gasteiger charge is 2.22. The normalized spacial score (nSPS) is 14.7. The maximum absolute atomic E-state index is 12.1. The second-order valence-electron chi connectivity index (χ2n) is 6.34. The fraction of sp³-hybridized carbons (Fsp3) is 0.368. The highest BCUT2D eigenvalue weighted by Crippen LogP contribution is 2.23. The lowest BCUT2D eigenvalue weighted by Gasteiger charge is -2.32. The van der Waals surface area contributed by atoms with E-state index in [9.17, 15) is 4.79 Å². The van der Waals surface area contributed by atoms with Crippen molar-refractivity contribution in [3.63, 3.8) is 0 Å². The average molecular weight is 370 g/mol. The molecule has 1 N–H and O–H groups in total. The number of nitrogens with zero attached hydrogens (tertiary/aromatic N) is 4. The number of carbonyl (C=O) groups excluding carboxylic acids is 1. The Morgan fingerprint density at radius 3 is 2.73 bits per heavy atom. The summed E-state index contributed by atoms with van der Waals surface area (Å²) in [6.45, 7) is 2.26. The maximum atomic E-state index is 12.1. The summed E-state index contributed by atoms with van der Waals surface area (Å²) in [5.41, 5.74) is 1.20. The number of anilines is 1. The van der Waals surface area contributed by atoms with Crippen LogP contribution in [0.4, 0.5) is 5.82 Å². The first-order chi connectivity index (χ1) is 12.7. The van der Waals surface area contributed by atoms with Gasteiger partial charge in [-0.1, -0.05) is 29.8 Å². The molecule has 0 atom stereocenters. The van der Waals surface area contributed by atoms with Crippen LogP contribution in [-0.4, -0.2) is 35.5 Å². The lowest BCUT2D eigenvalue weighted by Crippen LogP contribution is -2.39. The minimum absolute atomic E-state index is 0.0128. The maximum Gasteiger partial charge on any atom is 0.224 e. The lowest BCUT2D eigenvalue weighted by molar-refractivity contribution is -0.120. The minimum Gasteiger partial charge on any atom is -0.356 e. The van der Waals surface area contributed by atoms with Gasteiger partial charge in [0.2, 0.25) is 5.91 Å². The molecule has 1 aliphatic heterocycles. The van der Waals surface area contributed by atoms with Crippen LogP contribution in [0, 0.1) is 17.2 Å². The number of amides is 1. The quantitative estimate of drug-likeness (QED) is 0.875. The number of carbonyl (C=O) groups is 1. The van der Waals surface area contributed by atoms with Crippen LogP contribution in [0.2, 0.25) is 5.02 Å². The predicted molar refractivity (Wildman–Crippen MR) is 99.8 cm³/mol. The topological polar surface area (TPSA) is 81.9 Å². The minimum atomic E-state index is -0.0128. The van der Waals surface area contributed by atoms with Gasteiger partial charge in [-0.15, -0.1) is 0 Å². The second kappa shape index (κ2) is 8.63. The molecule has 1 saturated heterocycles. The fourth-order valence-electron chi connectivity index (χ4n) is 3.13. The van der Waals surface area contributed by atoms with Crippen LogP contribution in [0.15, 0.2) is 36.7 Å². The fourth-order valence-corrected chi connectivity index (χ4v) is 3.33. The molecule has 2 heterocycles. The molecule has 0 saturated carbocycles. The van der Waals surface area contributed by atoms with Gasteiger partial charge in [-0.2, -0.15) is 5.26 Å². The molecule has 0 aliphatic carbocycles. The molecule has 0 unspecified atom stereocenters. The molecule has 3 rings (SSSR count). The Kier molecular flexibility index (Phi) is 6.03. The van der Waals surface area contributed by atoms with Crippen LogP contribution in [0.1, 0.15) is 24.1 Å². The van der Waals surface area contributed by atoms with E-state index in [1.807, 2.05) is 18.2 Å². The zero-order valence-electron chi connectivity index (χ0n) is 14.4. The number of benzene rings is 1. The third-order valence-corrected chi connectivity index (χ3v) is 4.96. The summed E-state index contributed by atoms with van der Waals surface area (Å²) >= 11 is 6.10. The Hall–Kier alpha value is -2.65. The molecule has 1 aromatic carbocycles. The number of aromatic nitrogens is 2. The number of nitrogens with one attached hydrogen (secondary N) is 1. The van der Waals surface area contributed by atoms with Crippen LogP contribution in [0.25, 0.3) is 0 Å². The lowest BCUT2D eigenvalue weighted by atomic mass is 9.96. The van der Waals surface area contributed by atoms with Crippen molar-refractivity contribution in [3.8, 4) is 6.07 Å². The Balaban J connectivity index is 1.46. The molecule has 6 nitrogen and oxygen atoms in total. The zero-order chi connectivity index (χ0) is 18.4. The Bertz CT molecular complexity index is 812. The van der Waals surface area contributed by atoms with E-state index < -0.39 is 0 Å². The molecule has 26 heavy (non-hydrogen) atoms. The van der Waals surface area contributed by atoms with Gasteiger partial charge in [0.1, 0.15) is 6.07 Å². The third kappa shape index (κ3) is 4.50. The molecule has 1 aliphatic rings. The highest BCUT2D eigenvalue weighted by molar-refractivity contribution is 6.31. The highest BCUT2D eigenvalue weighted by atomic mass is 35.5. The van der Waals surface area contributed by atoms with E-state index in [0.29, 0.717) is 35.4 Å². The van der Waals surface area contributed by atoms with E-state index in [1.165, 1.54) is 6.20 Å². The average Bonchev–Trinajstić information content (AvgIpc) is 2.68. The molecular weight excluding hydrogens is 350 g/mol. The zero-order valence-corrected chi connectivity index (χ0v) is 15.1. The number of rotatable bonds is 5. The van der Waals surface area contributed by atoms with Crippen LogP contribution in [-0.2, 0) is 11.2 Å². The molecule has 0 radical (unpaired) electrons. The summed E-state index contributed by atoms with van der Waals surface area (Å²) in [4.78, 5) is 22.6. The van der Waals surface area contributed by atoms with Crippen LogP contribution >= 0.6 is 11.6 Å². The number of piperidine rings is 1. The van der Waals surface area contributed by atoms with Gasteiger partial charge in [0, 0.05) is 37.1 Å². The Labute approximate surface area is 157 Å². The first-order valence-corrected chi connectivity index (χ1v) is 9.01. The van der Waals surface area contributed by atoms with Crippen molar-refractivity contribution < 1.29 is 4.79 Å². The van der Waals surface area contributed by atoms with Gasteiger partial charge < -0.3 is 10.2 Å². The van der Waals surface area contributed by atoms with Gasteiger partial charge in [0.15, 0.2) is 11.5 Å². The van der Waals surface area contributed by atoms with Gasteiger partial charge in [-0.3, -0.25) is 4.79 Å². The SMILES string of the molecule is N#Cc1nccnc1N1CCC(CNC(=O)Cc2ccccc2Cl)CC1. The van der Waals surface area contributed by atoms with E-state index in [-0.39, 0.29) is 5.91 Å². The summed E-state index contributed by atoms with van der Waals surface area (Å²) in [6, 6.07) is 9.49. The monoisotopic (exact) mass is 369 g/mol. The molecule has 0 spiro atoms. The van der Waals surface area contributed by atoms with E-state index >= 15 is 0 Å². The van der Waals surface area contributed by atoms with Crippen LogP contribution in [0.3, 0.4) is 0 Å². The van der Waals surface area contributed by atoms with Crippen molar-refractivity contribution in [1.29, 1.82) is 5.26 Å². The molecule has 0 bridgehead atoms. The van der Waals surface area contributed by atoms with E-state index in [4.69, 9.17) is 16.9 Å². The van der Waals surface area contributed by atoms with Crippen molar-refractivity contribution in [1.82, 2.24) is 15.3 Å². The van der Waals surface area contributed by atoms with Gasteiger partial charge in [0.25, 0.3) is 0 Å². The van der Waals surface area contributed by atoms with E-state index in [1.54, 1.807) is 12.3 Å². The van der Waals surface area contributed by atoms with Gasteiger partial charge in [-0.05, 0) is 30.4 Å². The second-order valence-corrected chi connectivity index (χ2v) is 6.75. The molecule has 134 valence electrons. The molecular formula is C19H20ClN5O. The predicted octanol–water partition coefficient (Wildman–Crippen LogP) is 2.58. The van der Waals surface area contributed by atoms with Crippen molar-refractivity contribution in [2.24, 2.45) is 5.92 Å². The molecule has 1 aromatic heterocycles. The van der Waals surface area contributed by atoms with E-state index in [2.05, 4.69) is 26.3 Å². The van der Waals surface area contributed by atoms with Crippen molar-refractivity contribution in [2.75, 3.05) is 24.5 Å².